The summed E-state index contributed by atoms with van der Waals surface area (Å²) in [7, 11) is 1.74. The summed E-state index contributed by atoms with van der Waals surface area (Å²) in [5.74, 6) is 0.513. The normalized spacial score (nSPS) is 18.8. The van der Waals surface area contributed by atoms with Crippen molar-refractivity contribution in [2.24, 2.45) is 7.05 Å². The Morgan fingerprint density at radius 3 is 2.50 bits per heavy atom. The molecule has 0 aliphatic heterocycles. The lowest BCUT2D eigenvalue weighted by Crippen LogP contribution is -2.09. The summed E-state index contributed by atoms with van der Waals surface area (Å²) >= 11 is 19.6. The quantitative estimate of drug-likeness (QED) is 0.168. The number of aryl methyl sites for hydroxylation is 1. The van der Waals surface area contributed by atoms with Gasteiger partial charge in [0.15, 0.2) is 5.69 Å². The van der Waals surface area contributed by atoms with Gasteiger partial charge in [-0.15, -0.1) is 0 Å². The first kappa shape index (κ1) is 27.3. The molecule has 3 unspecified atom stereocenters. The number of aromatic carboxylic acids is 1. The van der Waals surface area contributed by atoms with Gasteiger partial charge < -0.3 is 19.5 Å². The van der Waals surface area contributed by atoms with Gasteiger partial charge in [0.25, 0.3) is 0 Å². The van der Waals surface area contributed by atoms with Crippen LogP contribution in [-0.2, 0) is 7.05 Å². The molecule has 2 aromatic heterocycles. The number of aliphatic hydroxyl groups is 1. The molecule has 3 aromatic carbocycles. The molecular formula is C31H24Cl3N3O5. The van der Waals surface area contributed by atoms with Gasteiger partial charge in [0.05, 0.1) is 21.1 Å². The molecule has 0 saturated heterocycles. The molecule has 2 fully saturated rings. The Labute approximate surface area is 255 Å². The summed E-state index contributed by atoms with van der Waals surface area (Å²) in [5, 5.41) is 31.0. The van der Waals surface area contributed by atoms with E-state index in [-0.39, 0.29) is 23.4 Å². The minimum atomic E-state index is -1.38. The number of hydrogen-bond donors (Lipinski definition) is 2. The SMILES string of the molecule is Cn1nc(C(=O)O)c2ccc(C3CC3c3ccc(OC(O)c4c(-c5c(Cl)cccc5Cl)noc4C4CC4)cc3Cl)cc21. The van der Waals surface area contributed by atoms with Crippen molar-refractivity contribution in [3.8, 4) is 17.0 Å². The minimum absolute atomic E-state index is 0.0461. The van der Waals surface area contributed by atoms with E-state index in [2.05, 4.69) is 10.3 Å². The first-order valence-corrected chi connectivity index (χ1v) is 14.6. The van der Waals surface area contributed by atoms with E-state index in [4.69, 9.17) is 44.1 Å². The van der Waals surface area contributed by atoms with Crippen molar-refractivity contribution in [1.82, 2.24) is 14.9 Å². The third-order valence-electron chi connectivity index (χ3n) is 8.07. The number of rotatable bonds is 8. The lowest BCUT2D eigenvalue weighted by molar-refractivity contribution is -0.0203. The van der Waals surface area contributed by atoms with Crippen LogP contribution >= 0.6 is 34.8 Å². The molecule has 5 aromatic rings. The number of carboxylic acids is 1. The van der Waals surface area contributed by atoms with Gasteiger partial charge in [0.1, 0.15) is 17.2 Å². The van der Waals surface area contributed by atoms with Crippen LogP contribution < -0.4 is 4.74 Å². The first-order valence-electron chi connectivity index (χ1n) is 13.5. The van der Waals surface area contributed by atoms with E-state index in [9.17, 15) is 15.0 Å². The molecule has 0 bridgehead atoms. The highest BCUT2D eigenvalue weighted by molar-refractivity contribution is 6.39. The molecule has 7 rings (SSSR count). The Kier molecular flexibility index (Phi) is 6.70. The van der Waals surface area contributed by atoms with E-state index in [1.54, 1.807) is 42.1 Å². The number of hydrogen-bond acceptors (Lipinski definition) is 6. The molecule has 214 valence electrons. The van der Waals surface area contributed by atoms with E-state index < -0.39 is 12.3 Å². The van der Waals surface area contributed by atoms with Crippen molar-refractivity contribution in [2.45, 2.75) is 43.3 Å². The van der Waals surface area contributed by atoms with Crippen LogP contribution in [0.25, 0.3) is 22.2 Å². The maximum absolute atomic E-state index is 11.5. The fraction of sp³-hybridized carbons (Fsp3) is 0.258. The largest absolute Gasteiger partial charge is 0.476 e. The summed E-state index contributed by atoms with van der Waals surface area (Å²) in [5.41, 5.74) is 4.14. The lowest BCUT2D eigenvalue weighted by Gasteiger charge is -2.16. The van der Waals surface area contributed by atoms with Crippen LogP contribution in [0.2, 0.25) is 15.1 Å². The first-order chi connectivity index (χ1) is 20.2. The number of carboxylic acid groups (broad SMARTS) is 1. The summed E-state index contributed by atoms with van der Waals surface area (Å²) in [6.07, 6.45) is 1.39. The van der Waals surface area contributed by atoms with Crippen LogP contribution in [0, 0.1) is 0 Å². The second kappa shape index (κ2) is 10.3. The van der Waals surface area contributed by atoms with Gasteiger partial charge in [0, 0.05) is 28.9 Å². The molecule has 2 aliphatic carbocycles. The maximum atomic E-state index is 11.5. The molecular weight excluding hydrogens is 601 g/mol. The molecule has 11 heteroatoms. The fourth-order valence-electron chi connectivity index (χ4n) is 5.73. The number of aromatic nitrogens is 3. The van der Waals surface area contributed by atoms with Crippen LogP contribution in [0.5, 0.6) is 5.75 Å². The number of aliphatic hydroxyl groups excluding tert-OH is 1. The van der Waals surface area contributed by atoms with Gasteiger partial charge >= 0.3 is 5.97 Å². The van der Waals surface area contributed by atoms with Gasteiger partial charge in [-0.05, 0) is 72.6 Å². The number of fused-ring (bicyclic) bond motifs is 1. The summed E-state index contributed by atoms with van der Waals surface area (Å²) < 4.78 is 13.2. The van der Waals surface area contributed by atoms with Crippen LogP contribution in [0.15, 0.2) is 59.1 Å². The Morgan fingerprint density at radius 1 is 1.05 bits per heavy atom. The van der Waals surface area contributed by atoms with Crippen LogP contribution in [0.4, 0.5) is 0 Å². The van der Waals surface area contributed by atoms with Crippen molar-refractivity contribution < 1.29 is 24.3 Å². The average molecular weight is 625 g/mol. The zero-order valence-electron chi connectivity index (χ0n) is 22.2. The van der Waals surface area contributed by atoms with Crippen molar-refractivity contribution in [3.05, 3.63) is 97.8 Å². The molecule has 3 atom stereocenters. The number of nitrogens with zero attached hydrogens (tertiary/aromatic N) is 3. The molecule has 2 N–H and O–H groups in total. The third-order valence-corrected chi connectivity index (χ3v) is 9.02. The Morgan fingerprint density at radius 2 is 1.81 bits per heavy atom. The van der Waals surface area contributed by atoms with Gasteiger partial charge in [-0.1, -0.05) is 64.2 Å². The standard InChI is InChI=1S/C31H24Cl3N3O5/c1-37-24-11-15(7-9-18(24)27(35-37)30(38)39)19-13-20(19)17-10-8-16(12-23(17)34)41-31(40)26-28(36-42-29(26)14-5-6-14)25-21(32)3-2-4-22(25)33/h2-4,7-12,14,19-20,31,40H,5-6,13H2,1H3,(H,38,39). The fourth-order valence-corrected chi connectivity index (χ4v) is 6.62. The van der Waals surface area contributed by atoms with E-state index in [0.29, 0.717) is 48.8 Å². The minimum Gasteiger partial charge on any atom is -0.476 e. The van der Waals surface area contributed by atoms with Crippen LogP contribution in [-0.4, -0.2) is 31.1 Å². The number of carbonyl (C=O) groups is 1. The van der Waals surface area contributed by atoms with Gasteiger partial charge in [-0.2, -0.15) is 5.10 Å². The highest BCUT2D eigenvalue weighted by Gasteiger charge is 2.41. The molecule has 42 heavy (non-hydrogen) atoms. The van der Waals surface area contributed by atoms with E-state index >= 15 is 0 Å². The molecule has 0 spiro atoms. The number of halogens is 3. The van der Waals surface area contributed by atoms with Gasteiger partial charge in [0.2, 0.25) is 6.29 Å². The Balaban J connectivity index is 1.13. The third kappa shape index (κ3) is 4.72. The van der Waals surface area contributed by atoms with Crippen molar-refractivity contribution in [3.63, 3.8) is 0 Å². The Hall–Kier alpha value is -3.56. The molecule has 2 heterocycles. The number of benzene rings is 3. The molecule has 2 saturated carbocycles. The summed E-state index contributed by atoms with van der Waals surface area (Å²) in [4.78, 5) is 11.5. The molecule has 8 nitrogen and oxygen atoms in total. The van der Waals surface area contributed by atoms with E-state index in [0.717, 1.165) is 35.9 Å². The molecule has 2 aliphatic rings. The van der Waals surface area contributed by atoms with Gasteiger partial charge in [-0.3, -0.25) is 4.68 Å². The molecule has 0 radical (unpaired) electrons. The zero-order valence-corrected chi connectivity index (χ0v) is 24.5. The molecule has 0 amide bonds. The second-order valence-electron chi connectivity index (χ2n) is 10.8. The van der Waals surface area contributed by atoms with E-state index in [1.807, 2.05) is 24.3 Å². The maximum Gasteiger partial charge on any atom is 0.357 e. The number of ether oxygens (including phenoxy) is 1. The Bertz CT molecular complexity index is 1860. The van der Waals surface area contributed by atoms with Crippen molar-refractivity contribution in [2.75, 3.05) is 0 Å². The summed E-state index contributed by atoms with van der Waals surface area (Å²) in [6, 6.07) is 16.3. The average Bonchev–Trinajstić information content (AvgIpc) is 3.88. The smallest absolute Gasteiger partial charge is 0.357 e. The van der Waals surface area contributed by atoms with Crippen LogP contribution in [0.3, 0.4) is 0 Å². The zero-order chi connectivity index (χ0) is 29.3. The van der Waals surface area contributed by atoms with E-state index in [1.165, 1.54) is 0 Å². The summed E-state index contributed by atoms with van der Waals surface area (Å²) in [6.45, 7) is 0. The monoisotopic (exact) mass is 623 g/mol. The lowest BCUT2D eigenvalue weighted by atomic mass is 10.0. The highest BCUT2D eigenvalue weighted by atomic mass is 35.5. The highest BCUT2D eigenvalue weighted by Crippen LogP contribution is 2.57. The van der Waals surface area contributed by atoms with Crippen LogP contribution in [0.1, 0.15) is 76.2 Å². The van der Waals surface area contributed by atoms with Gasteiger partial charge in [-0.25, -0.2) is 4.79 Å². The van der Waals surface area contributed by atoms with Crippen molar-refractivity contribution >= 4 is 51.7 Å². The predicted octanol–water partition coefficient (Wildman–Crippen LogP) is 8.11. The topological polar surface area (TPSA) is 111 Å². The van der Waals surface area contributed by atoms with Crippen molar-refractivity contribution in [1.29, 1.82) is 0 Å². The predicted molar refractivity (Wildman–Crippen MR) is 159 cm³/mol. The second-order valence-corrected chi connectivity index (χ2v) is 12.1.